The summed E-state index contributed by atoms with van der Waals surface area (Å²) in [6.45, 7) is 15.4. The van der Waals surface area contributed by atoms with Crippen molar-refractivity contribution in [3.05, 3.63) is 40.5 Å². The van der Waals surface area contributed by atoms with Gasteiger partial charge in [0.2, 0.25) is 0 Å². The molecule has 0 saturated carbocycles. The molecule has 1 heteroatoms. The van der Waals surface area contributed by atoms with Crippen LogP contribution < -0.4 is 5.32 Å². The lowest BCUT2D eigenvalue weighted by molar-refractivity contribution is 0.558. The number of rotatable bonds is 6. The minimum Gasteiger partial charge on any atom is -0.313 e. The van der Waals surface area contributed by atoms with Gasteiger partial charge in [-0.05, 0) is 37.8 Å². The Morgan fingerprint density at radius 3 is 2.11 bits per heavy atom. The molecule has 1 aromatic carbocycles. The standard InChI is InChI=1S/C18H29N/c1-13(2)11-19-12-18(14(3)4)10-17-8-15(5)7-16(6)9-17/h7-10,13-14,19H,11-12H2,1-6H3. The van der Waals surface area contributed by atoms with Crippen molar-refractivity contribution in [2.24, 2.45) is 11.8 Å². The molecular formula is C18H29N. The van der Waals surface area contributed by atoms with E-state index in [1.807, 2.05) is 0 Å². The molecule has 0 heterocycles. The highest BCUT2D eigenvalue weighted by Crippen LogP contribution is 2.17. The van der Waals surface area contributed by atoms with Gasteiger partial charge in [0.25, 0.3) is 0 Å². The highest BCUT2D eigenvalue weighted by molar-refractivity contribution is 5.55. The molecule has 0 fully saturated rings. The zero-order valence-corrected chi connectivity index (χ0v) is 13.4. The molecule has 0 unspecified atom stereocenters. The average Bonchev–Trinajstić information content (AvgIpc) is 2.25. The molecule has 0 bridgehead atoms. The summed E-state index contributed by atoms with van der Waals surface area (Å²) in [4.78, 5) is 0. The summed E-state index contributed by atoms with van der Waals surface area (Å²) in [6, 6.07) is 6.75. The van der Waals surface area contributed by atoms with Gasteiger partial charge in [-0.2, -0.15) is 0 Å². The second kappa shape index (κ2) is 7.49. The van der Waals surface area contributed by atoms with Gasteiger partial charge in [0, 0.05) is 6.54 Å². The fourth-order valence-electron chi connectivity index (χ4n) is 2.23. The van der Waals surface area contributed by atoms with Crippen LogP contribution in [-0.2, 0) is 0 Å². The van der Waals surface area contributed by atoms with Gasteiger partial charge in [0.15, 0.2) is 0 Å². The summed E-state index contributed by atoms with van der Waals surface area (Å²) in [6.07, 6.45) is 2.35. The predicted octanol–water partition coefficient (Wildman–Crippen LogP) is 4.59. The van der Waals surface area contributed by atoms with Gasteiger partial charge >= 0.3 is 0 Å². The molecule has 19 heavy (non-hydrogen) atoms. The van der Waals surface area contributed by atoms with Crippen LogP contribution in [0.1, 0.15) is 44.4 Å². The maximum Gasteiger partial charge on any atom is 0.0170 e. The third-order valence-electron chi connectivity index (χ3n) is 3.22. The summed E-state index contributed by atoms with van der Waals surface area (Å²) in [5, 5.41) is 3.55. The van der Waals surface area contributed by atoms with Gasteiger partial charge in [-0.3, -0.25) is 0 Å². The molecule has 0 aliphatic carbocycles. The van der Waals surface area contributed by atoms with Crippen molar-refractivity contribution in [3.8, 4) is 0 Å². The van der Waals surface area contributed by atoms with Crippen molar-refractivity contribution in [2.75, 3.05) is 13.1 Å². The molecule has 0 radical (unpaired) electrons. The minimum atomic E-state index is 0.584. The van der Waals surface area contributed by atoms with Crippen molar-refractivity contribution in [1.29, 1.82) is 0 Å². The maximum absolute atomic E-state index is 3.55. The zero-order chi connectivity index (χ0) is 14.4. The number of hydrogen-bond acceptors (Lipinski definition) is 1. The number of benzene rings is 1. The Balaban J connectivity index is 2.82. The van der Waals surface area contributed by atoms with Crippen LogP contribution >= 0.6 is 0 Å². The molecule has 1 N–H and O–H groups in total. The van der Waals surface area contributed by atoms with Crippen LogP contribution in [0, 0.1) is 25.7 Å². The molecule has 0 aliphatic heterocycles. The normalized spacial score (nSPS) is 12.5. The van der Waals surface area contributed by atoms with E-state index in [0.717, 1.165) is 13.1 Å². The van der Waals surface area contributed by atoms with Gasteiger partial charge in [-0.1, -0.05) is 68.7 Å². The Morgan fingerprint density at radius 2 is 1.63 bits per heavy atom. The van der Waals surface area contributed by atoms with Crippen molar-refractivity contribution < 1.29 is 0 Å². The van der Waals surface area contributed by atoms with E-state index < -0.39 is 0 Å². The molecule has 106 valence electrons. The first-order chi connectivity index (χ1) is 8.88. The SMILES string of the molecule is Cc1cc(C)cc(C=C(CNCC(C)C)C(C)C)c1. The Kier molecular flexibility index (Phi) is 6.30. The number of nitrogens with one attached hydrogen (secondary N) is 1. The van der Waals surface area contributed by atoms with Crippen LogP contribution in [0.3, 0.4) is 0 Å². The average molecular weight is 259 g/mol. The lowest BCUT2D eigenvalue weighted by atomic mass is 9.98. The molecule has 0 aromatic heterocycles. The van der Waals surface area contributed by atoms with E-state index in [1.54, 1.807) is 0 Å². The monoisotopic (exact) mass is 259 g/mol. The van der Waals surface area contributed by atoms with Gasteiger partial charge in [0.1, 0.15) is 0 Å². The summed E-state index contributed by atoms with van der Waals surface area (Å²) < 4.78 is 0. The Hall–Kier alpha value is -1.08. The van der Waals surface area contributed by atoms with E-state index in [0.29, 0.717) is 11.8 Å². The largest absolute Gasteiger partial charge is 0.313 e. The maximum atomic E-state index is 3.55. The highest BCUT2D eigenvalue weighted by atomic mass is 14.9. The lowest BCUT2D eigenvalue weighted by Crippen LogP contribution is -2.23. The van der Waals surface area contributed by atoms with E-state index in [2.05, 4.69) is 71.1 Å². The summed E-state index contributed by atoms with van der Waals surface area (Å²) in [5.74, 6) is 1.29. The van der Waals surface area contributed by atoms with Gasteiger partial charge in [0.05, 0.1) is 0 Å². The van der Waals surface area contributed by atoms with Crippen LogP contribution in [0.2, 0.25) is 0 Å². The molecule has 1 rings (SSSR count). The Bertz CT molecular complexity index is 407. The van der Waals surface area contributed by atoms with E-state index in [9.17, 15) is 0 Å². The van der Waals surface area contributed by atoms with Crippen molar-refractivity contribution >= 4 is 6.08 Å². The fraction of sp³-hybridized carbons (Fsp3) is 0.556. The molecule has 0 amide bonds. The van der Waals surface area contributed by atoms with Crippen molar-refractivity contribution in [2.45, 2.75) is 41.5 Å². The topological polar surface area (TPSA) is 12.0 Å². The minimum absolute atomic E-state index is 0.584. The van der Waals surface area contributed by atoms with Gasteiger partial charge in [-0.25, -0.2) is 0 Å². The van der Waals surface area contributed by atoms with E-state index >= 15 is 0 Å². The number of hydrogen-bond donors (Lipinski definition) is 1. The molecule has 0 spiro atoms. The first-order valence-electron chi connectivity index (χ1n) is 7.38. The van der Waals surface area contributed by atoms with Crippen molar-refractivity contribution in [3.63, 3.8) is 0 Å². The second-order valence-electron chi connectivity index (χ2n) is 6.32. The predicted molar refractivity (Wildman–Crippen MR) is 86.4 cm³/mol. The molecule has 0 atom stereocenters. The fourth-order valence-corrected chi connectivity index (χ4v) is 2.23. The van der Waals surface area contributed by atoms with E-state index in [-0.39, 0.29) is 0 Å². The van der Waals surface area contributed by atoms with E-state index in [4.69, 9.17) is 0 Å². The Morgan fingerprint density at radius 1 is 1.05 bits per heavy atom. The van der Waals surface area contributed by atoms with Crippen LogP contribution in [0.5, 0.6) is 0 Å². The summed E-state index contributed by atoms with van der Waals surface area (Å²) in [7, 11) is 0. The van der Waals surface area contributed by atoms with Crippen LogP contribution in [0.4, 0.5) is 0 Å². The van der Waals surface area contributed by atoms with Crippen LogP contribution in [-0.4, -0.2) is 13.1 Å². The zero-order valence-electron chi connectivity index (χ0n) is 13.4. The highest BCUT2D eigenvalue weighted by Gasteiger charge is 2.04. The van der Waals surface area contributed by atoms with Crippen molar-refractivity contribution in [1.82, 2.24) is 5.32 Å². The number of aryl methyl sites for hydroxylation is 2. The summed E-state index contributed by atoms with van der Waals surface area (Å²) >= 11 is 0. The van der Waals surface area contributed by atoms with Crippen LogP contribution in [0.15, 0.2) is 23.8 Å². The first-order valence-corrected chi connectivity index (χ1v) is 7.38. The quantitative estimate of drug-likeness (QED) is 0.788. The lowest BCUT2D eigenvalue weighted by Gasteiger charge is -2.14. The van der Waals surface area contributed by atoms with E-state index in [1.165, 1.54) is 22.3 Å². The first kappa shape index (κ1) is 16.0. The molecule has 1 aromatic rings. The van der Waals surface area contributed by atoms with Crippen LogP contribution in [0.25, 0.3) is 6.08 Å². The molecule has 0 aliphatic rings. The molecular weight excluding hydrogens is 230 g/mol. The third-order valence-corrected chi connectivity index (χ3v) is 3.22. The summed E-state index contributed by atoms with van der Waals surface area (Å²) in [5.41, 5.74) is 5.48. The second-order valence-corrected chi connectivity index (χ2v) is 6.32. The van der Waals surface area contributed by atoms with Gasteiger partial charge < -0.3 is 5.32 Å². The smallest absolute Gasteiger partial charge is 0.0170 e. The molecule has 1 nitrogen and oxygen atoms in total. The third kappa shape index (κ3) is 6.07. The Labute approximate surface area is 119 Å². The van der Waals surface area contributed by atoms with Gasteiger partial charge in [-0.15, -0.1) is 0 Å². The molecule has 0 saturated heterocycles.